The fourth-order valence-electron chi connectivity index (χ4n) is 2.51. The molecule has 1 heterocycles. The van der Waals surface area contributed by atoms with Gasteiger partial charge in [0.2, 0.25) is 0 Å². The monoisotopic (exact) mass is 270 g/mol. The van der Waals surface area contributed by atoms with E-state index in [1.54, 1.807) is 0 Å². The number of carbonyl (C=O) groups excluding carboxylic acids is 1. The zero-order chi connectivity index (χ0) is 14.3. The summed E-state index contributed by atoms with van der Waals surface area (Å²) in [5.74, 6) is -0.0361. The number of carbonyl (C=O) groups is 1. The van der Waals surface area contributed by atoms with Crippen molar-refractivity contribution in [3.63, 3.8) is 0 Å². The maximum atomic E-state index is 11.9. The van der Waals surface area contributed by atoms with Crippen molar-refractivity contribution in [1.29, 1.82) is 0 Å². The topological polar surface area (TPSA) is 41.6 Å². The lowest BCUT2D eigenvalue weighted by atomic mass is 10.0. The van der Waals surface area contributed by atoms with Gasteiger partial charge < -0.3 is 10.1 Å². The van der Waals surface area contributed by atoms with Crippen LogP contribution in [0.2, 0.25) is 0 Å². The molecule has 0 aromatic carbocycles. The van der Waals surface area contributed by atoms with Gasteiger partial charge in [0, 0.05) is 12.1 Å². The second-order valence-electron chi connectivity index (χ2n) is 6.33. The van der Waals surface area contributed by atoms with Gasteiger partial charge in [0.1, 0.15) is 6.04 Å². The predicted octanol–water partition coefficient (Wildman–Crippen LogP) is 2.18. The molecule has 0 aliphatic carbocycles. The first-order valence-corrected chi connectivity index (χ1v) is 7.60. The zero-order valence-corrected chi connectivity index (χ0v) is 13.0. The minimum Gasteiger partial charge on any atom is -0.465 e. The molecule has 19 heavy (non-hydrogen) atoms. The van der Waals surface area contributed by atoms with Gasteiger partial charge in [-0.3, -0.25) is 9.69 Å². The van der Waals surface area contributed by atoms with Crippen LogP contribution in [-0.4, -0.2) is 48.7 Å². The summed E-state index contributed by atoms with van der Waals surface area (Å²) in [5, 5.41) is 3.49. The van der Waals surface area contributed by atoms with E-state index in [0.29, 0.717) is 6.61 Å². The van der Waals surface area contributed by atoms with Gasteiger partial charge in [-0.15, -0.1) is 0 Å². The first-order valence-electron chi connectivity index (χ1n) is 7.60. The number of nitrogens with zero attached hydrogens (tertiary/aromatic N) is 1. The van der Waals surface area contributed by atoms with Crippen LogP contribution >= 0.6 is 0 Å². The summed E-state index contributed by atoms with van der Waals surface area (Å²) in [6.45, 7) is 11.9. The van der Waals surface area contributed by atoms with E-state index >= 15 is 0 Å². The van der Waals surface area contributed by atoms with Crippen LogP contribution in [0.4, 0.5) is 0 Å². The number of hydrogen-bond acceptors (Lipinski definition) is 4. The molecule has 112 valence electrons. The van der Waals surface area contributed by atoms with Crippen molar-refractivity contribution in [2.45, 2.75) is 65.0 Å². The quantitative estimate of drug-likeness (QED) is 0.593. The van der Waals surface area contributed by atoms with Crippen LogP contribution < -0.4 is 5.32 Å². The van der Waals surface area contributed by atoms with Gasteiger partial charge >= 0.3 is 5.97 Å². The normalized spacial score (nSPS) is 21.4. The largest absolute Gasteiger partial charge is 0.465 e. The zero-order valence-electron chi connectivity index (χ0n) is 13.0. The summed E-state index contributed by atoms with van der Waals surface area (Å²) < 4.78 is 5.18. The van der Waals surface area contributed by atoms with Crippen LogP contribution in [0, 0.1) is 0 Å². The summed E-state index contributed by atoms with van der Waals surface area (Å²) in [6.07, 6.45) is 4.36. The van der Waals surface area contributed by atoms with Gasteiger partial charge in [0.05, 0.1) is 6.61 Å². The fourth-order valence-corrected chi connectivity index (χ4v) is 2.51. The van der Waals surface area contributed by atoms with Gasteiger partial charge in [0.15, 0.2) is 0 Å². The molecule has 0 bridgehead atoms. The smallest absolute Gasteiger partial charge is 0.323 e. The van der Waals surface area contributed by atoms with E-state index in [4.69, 9.17) is 4.74 Å². The van der Waals surface area contributed by atoms with E-state index in [1.807, 2.05) is 6.92 Å². The Kier molecular flexibility index (Phi) is 6.80. The molecule has 0 spiro atoms. The first kappa shape index (κ1) is 16.4. The Bertz CT molecular complexity index is 274. The minimum atomic E-state index is -0.0361. The number of rotatable bonds is 6. The Morgan fingerprint density at radius 3 is 2.74 bits per heavy atom. The van der Waals surface area contributed by atoms with Crippen molar-refractivity contribution < 1.29 is 9.53 Å². The van der Waals surface area contributed by atoms with E-state index in [2.05, 4.69) is 31.0 Å². The molecule has 0 radical (unpaired) electrons. The highest BCUT2D eigenvalue weighted by Crippen LogP contribution is 2.18. The summed E-state index contributed by atoms with van der Waals surface area (Å²) in [4.78, 5) is 14.2. The van der Waals surface area contributed by atoms with Crippen molar-refractivity contribution in [2.75, 3.05) is 26.2 Å². The van der Waals surface area contributed by atoms with Crippen LogP contribution in [-0.2, 0) is 9.53 Å². The van der Waals surface area contributed by atoms with Crippen molar-refractivity contribution in [3.8, 4) is 0 Å². The van der Waals surface area contributed by atoms with Crippen molar-refractivity contribution >= 4 is 5.97 Å². The van der Waals surface area contributed by atoms with Gasteiger partial charge in [-0.05, 0) is 60.0 Å². The Morgan fingerprint density at radius 1 is 1.37 bits per heavy atom. The maximum Gasteiger partial charge on any atom is 0.323 e. The second-order valence-corrected chi connectivity index (χ2v) is 6.33. The highest BCUT2D eigenvalue weighted by molar-refractivity contribution is 5.75. The number of esters is 1. The summed E-state index contributed by atoms with van der Waals surface area (Å²) in [6, 6.07) is -0.0108. The molecule has 0 aromatic rings. The number of hydrogen-bond donors (Lipinski definition) is 1. The van der Waals surface area contributed by atoms with Gasteiger partial charge in [0.25, 0.3) is 0 Å². The van der Waals surface area contributed by atoms with Crippen molar-refractivity contribution in [2.24, 2.45) is 0 Å². The molecule has 1 rings (SSSR count). The third-order valence-corrected chi connectivity index (χ3v) is 3.45. The molecule has 4 heteroatoms. The Hall–Kier alpha value is -0.610. The fraction of sp³-hybridized carbons (Fsp3) is 0.933. The molecule has 1 fully saturated rings. The Morgan fingerprint density at radius 2 is 2.11 bits per heavy atom. The molecular weight excluding hydrogens is 240 g/mol. The molecule has 0 saturated carbocycles. The van der Waals surface area contributed by atoms with Gasteiger partial charge in [-0.25, -0.2) is 0 Å². The maximum absolute atomic E-state index is 11.9. The molecule has 4 nitrogen and oxygen atoms in total. The van der Waals surface area contributed by atoms with E-state index < -0.39 is 0 Å². The second kappa shape index (κ2) is 7.85. The van der Waals surface area contributed by atoms with Crippen molar-refractivity contribution in [1.82, 2.24) is 10.2 Å². The van der Waals surface area contributed by atoms with Gasteiger partial charge in [-0.1, -0.05) is 6.42 Å². The SMILES string of the molecule is CCOC(=O)C1CCCCN1CCCNC(C)(C)C. The lowest BCUT2D eigenvalue weighted by Gasteiger charge is -2.34. The third-order valence-electron chi connectivity index (χ3n) is 3.45. The highest BCUT2D eigenvalue weighted by atomic mass is 16.5. The number of nitrogens with one attached hydrogen (secondary N) is 1. The predicted molar refractivity (Wildman–Crippen MR) is 78.2 cm³/mol. The Balaban J connectivity index is 2.34. The molecule has 1 N–H and O–H groups in total. The average Bonchev–Trinajstić information content (AvgIpc) is 2.34. The lowest BCUT2D eigenvalue weighted by molar-refractivity contribution is -0.150. The average molecular weight is 270 g/mol. The van der Waals surface area contributed by atoms with E-state index in [1.165, 1.54) is 6.42 Å². The third kappa shape index (κ3) is 6.39. The molecular formula is C15H30N2O2. The Labute approximate surface area is 117 Å². The molecule has 1 aliphatic rings. The van der Waals surface area contributed by atoms with Crippen LogP contribution in [0.5, 0.6) is 0 Å². The minimum absolute atomic E-state index is 0.0108. The van der Waals surface area contributed by atoms with Crippen LogP contribution in [0.3, 0.4) is 0 Å². The summed E-state index contributed by atoms with van der Waals surface area (Å²) >= 11 is 0. The molecule has 0 amide bonds. The first-order chi connectivity index (χ1) is 8.94. The molecule has 1 saturated heterocycles. The van der Waals surface area contributed by atoms with E-state index in [-0.39, 0.29) is 17.6 Å². The molecule has 0 aromatic heterocycles. The summed E-state index contributed by atoms with van der Waals surface area (Å²) in [7, 11) is 0. The van der Waals surface area contributed by atoms with Crippen LogP contribution in [0.15, 0.2) is 0 Å². The van der Waals surface area contributed by atoms with Crippen LogP contribution in [0.25, 0.3) is 0 Å². The number of likely N-dealkylation sites (tertiary alicyclic amines) is 1. The van der Waals surface area contributed by atoms with Gasteiger partial charge in [-0.2, -0.15) is 0 Å². The van der Waals surface area contributed by atoms with E-state index in [9.17, 15) is 4.79 Å². The summed E-state index contributed by atoms with van der Waals surface area (Å²) in [5.41, 5.74) is 0.169. The molecule has 1 atom stereocenters. The number of piperidine rings is 1. The molecule has 1 unspecified atom stereocenters. The van der Waals surface area contributed by atoms with E-state index in [0.717, 1.165) is 38.9 Å². The highest BCUT2D eigenvalue weighted by Gasteiger charge is 2.29. The molecule has 1 aliphatic heterocycles. The standard InChI is InChI=1S/C15H30N2O2/c1-5-19-14(18)13-9-6-7-11-17(13)12-8-10-16-15(2,3)4/h13,16H,5-12H2,1-4H3. The van der Waals surface area contributed by atoms with Crippen LogP contribution in [0.1, 0.15) is 53.4 Å². The van der Waals surface area contributed by atoms with Crippen molar-refractivity contribution in [3.05, 3.63) is 0 Å². The lowest BCUT2D eigenvalue weighted by Crippen LogP contribution is -2.46. The number of ether oxygens (including phenoxy) is 1.